The summed E-state index contributed by atoms with van der Waals surface area (Å²) < 4.78 is 5.86. The van der Waals surface area contributed by atoms with Gasteiger partial charge in [-0.15, -0.1) is 11.8 Å². The first-order valence-corrected chi connectivity index (χ1v) is 9.75. The van der Waals surface area contributed by atoms with Gasteiger partial charge in [0, 0.05) is 22.2 Å². The van der Waals surface area contributed by atoms with Crippen LogP contribution in [0, 0.1) is 0 Å². The van der Waals surface area contributed by atoms with E-state index in [1.165, 1.54) is 0 Å². The minimum Gasteiger partial charge on any atom is -0.481 e. The summed E-state index contributed by atoms with van der Waals surface area (Å²) in [6, 6.07) is 15.5. The summed E-state index contributed by atoms with van der Waals surface area (Å²) >= 11 is 7.55. The fraction of sp³-hybridized carbons (Fsp3) is 0.350. The molecule has 1 amide bonds. The average molecular weight is 378 g/mol. The van der Waals surface area contributed by atoms with Gasteiger partial charge in [0.15, 0.2) is 6.10 Å². The van der Waals surface area contributed by atoms with Gasteiger partial charge in [-0.25, -0.2) is 0 Å². The zero-order valence-corrected chi connectivity index (χ0v) is 16.4. The van der Waals surface area contributed by atoms with Crippen LogP contribution in [-0.4, -0.2) is 24.3 Å². The molecule has 0 saturated heterocycles. The third-order valence-corrected chi connectivity index (χ3v) is 4.96. The lowest BCUT2D eigenvalue weighted by atomic mass is 10.0. The third kappa shape index (κ3) is 6.29. The number of hydrogen-bond acceptors (Lipinski definition) is 3. The maximum atomic E-state index is 12.2. The Morgan fingerprint density at radius 1 is 1.12 bits per heavy atom. The van der Waals surface area contributed by atoms with Crippen LogP contribution in [-0.2, 0) is 4.79 Å². The highest BCUT2D eigenvalue weighted by Gasteiger charge is 2.16. The number of thioether (sulfide) groups is 1. The molecule has 5 heteroatoms. The van der Waals surface area contributed by atoms with Gasteiger partial charge in [0.25, 0.3) is 5.91 Å². The van der Waals surface area contributed by atoms with Crippen LogP contribution in [0.3, 0.4) is 0 Å². The molecule has 25 heavy (non-hydrogen) atoms. The number of carbonyl (C=O) groups is 1. The molecule has 0 fully saturated rings. The van der Waals surface area contributed by atoms with Crippen molar-refractivity contribution in [2.45, 2.75) is 37.7 Å². The van der Waals surface area contributed by atoms with E-state index in [1.54, 1.807) is 18.7 Å². The van der Waals surface area contributed by atoms with Crippen LogP contribution in [0.4, 0.5) is 0 Å². The normalized spacial score (nSPS) is 12.0. The van der Waals surface area contributed by atoms with Gasteiger partial charge in [0.05, 0.1) is 0 Å². The Balaban J connectivity index is 1.78. The minimum atomic E-state index is -0.527. The van der Waals surface area contributed by atoms with E-state index in [0.29, 0.717) is 12.5 Å². The highest BCUT2D eigenvalue weighted by Crippen LogP contribution is 2.26. The predicted molar refractivity (Wildman–Crippen MR) is 106 cm³/mol. The van der Waals surface area contributed by atoms with E-state index in [2.05, 4.69) is 19.2 Å². The summed E-state index contributed by atoms with van der Waals surface area (Å²) in [7, 11) is 0. The monoisotopic (exact) mass is 377 g/mol. The maximum Gasteiger partial charge on any atom is 0.260 e. The molecule has 3 nitrogen and oxygen atoms in total. The van der Waals surface area contributed by atoms with Crippen LogP contribution in [0.25, 0.3) is 0 Å². The van der Waals surface area contributed by atoms with E-state index in [0.717, 1.165) is 27.0 Å². The Hall–Kier alpha value is -1.65. The van der Waals surface area contributed by atoms with Crippen LogP contribution in [0.1, 0.15) is 32.3 Å². The molecule has 0 bridgehead atoms. The summed E-state index contributed by atoms with van der Waals surface area (Å²) in [4.78, 5) is 13.4. The van der Waals surface area contributed by atoms with Gasteiger partial charge in [0.1, 0.15) is 5.75 Å². The second-order valence-electron chi connectivity index (χ2n) is 6.05. The van der Waals surface area contributed by atoms with Crippen molar-refractivity contribution in [1.29, 1.82) is 0 Å². The molecule has 0 aromatic heterocycles. The minimum absolute atomic E-state index is 0.102. The van der Waals surface area contributed by atoms with Crippen molar-refractivity contribution in [2.24, 2.45) is 0 Å². The Labute approximate surface area is 159 Å². The number of amides is 1. The smallest absolute Gasteiger partial charge is 0.260 e. The highest BCUT2D eigenvalue weighted by atomic mass is 35.5. The second-order valence-corrected chi connectivity index (χ2v) is 7.65. The lowest BCUT2D eigenvalue weighted by Crippen LogP contribution is -2.37. The fourth-order valence-electron chi connectivity index (χ4n) is 2.33. The van der Waals surface area contributed by atoms with E-state index in [-0.39, 0.29) is 5.91 Å². The van der Waals surface area contributed by atoms with E-state index < -0.39 is 6.10 Å². The van der Waals surface area contributed by atoms with Crippen LogP contribution < -0.4 is 10.1 Å². The third-order valence-electron chi connectivity index (χ3n) is 3.70. The summed E-state index contributed by atoms with van der Waals surface area (Å²) in [5.74, 6) is 1.82. The lowest BCUT2D eigenvalue weighted by molar-refractivity contribution is -0.127. The molecule has 0 radical (unpaired) electrons. The lowest BCUT2D eigenvalue weighted by Gasteiger charge is -2.18. The molecule has 2 rings (SSSR count). The molecule has 134 valence electrons. The van der Waals surface area contributed by atoms with E-state index >= 15 is 0 Å². The molecule has 0 spiro atoms. The molecule has 0 aliphatic heterocycles. The number of benzene rings is 2. The standard InChI is InChI=1S/C20H24ClNO2S/c1-14(2)18-6-4-5-7-19(18)24-15(3)20(23)22-12-13-25-17-10-8-16(21)9-11-17/h4-11,14-15H,12-13H2,1-3H3,(H,22,23)/t15-/m0/s1. The van der Waals surface area contributed by atoms with Crippen LogP contribution in [0.15, 0.2) is 53.4 Å². The van der Waals surface area contributed by atoms with Crippen LogP contribution in [0.2, 0.25) is 5.02 Å². The molecule has 0 saturated carbocycles. The molecule has 1 N–H and O–H groups in total. The number of para-hydroxylation sites is 1. The van der Waals surface area contributed by atoms with Crippen molar-refractivity contribution in [3.05, 3.63) is 59.1 Å². The molecular weight excluding hydrogens is 354 g/mol. The largest absolute Gasteiger partial charge is 0.481 e. The van der Waals surface area contributed by atoms with E-state index in [1.807, 2.05) is 48.5 Å². The number of carbonyl (C=O) groups excluding carboxylic acids is 1. The van der Waals surface area contributed by atoms with Crippen LogP contribution >= 0.6 is 23.4 Å². The first-order valence-electron chi connectivity index (χ1n) is 8.39. The Morgan fingerprint density at radius 2 is 1.80 bits per heavy atom. The Kier molecular flexibility index (Phi) is 7.66. The quantitative estimate of drug-likeness (QED) is 0.511. The summed E-state index contributed by atoms with van der Waals surface area (Å²) in [6.07, 6.45) is -0.527. The van der Waals surface area contributed by atoms with Gasteiger partial charge in [-0.2, -0.15) is 0 Å². The van der Waals surface area contributed by atoms with E-state index in [9.17, 15) is 4.79 Å². The van der Waals surface area contributed by atoms with Crippen molar-refractivity contribution >= 4 is 29.3 Å². The fourth-order valence-corrected chi connectivity index (χ4v) is 3.22. The molecule has 0 unspecified atom stereocenters. The summed E-state index contributed by atoms with van der Waals surface area (Å²) in [6.45, 7) is 6.59. The van der Waals surface area contributed by atoms with E-state index in [4.69, 9.17) is 16.3 Å². The Morgan fingerprint density at radius 3 is 2.48 bits per heavy atom. The molecule has 2 aromatic rings. The number of halogens is 1. The van der Waals surface area contributed by atoms with Crippen molar-refractivity contribution in [3.63, 3.8) is 0 Å². The molecular formula is C20H24ClNO2S. The predicted octanol–water partition coefficient (Wildman–Crippen LogP) is 5.14. The first-order chi connectivity index (χ1) is 12.0. The van der Waals surface area contributed by atoms with Gasteiger partial charge >= 0.3 is 0 Å². The molecule has 2 aromatic carbocycles. The molecule has 0 aliphatic carbocycles. The van der Waals surface area contributed by atoms with Crippen molar-refractivity contribution in [2.75, 3.05) is 12.3 Å². The number of hydrogen-bond donors (Lipinski definition) is 1. The Bertz CT molecular complexity index is 688. The van der Waals surface area contributed by atoms with Crippen molar-refractivity contribution in [1.82, 2.24) is 5.32 Å². The zero-order valence-electron chi connectivity index (χ0n) is 14.8. The second kappa shape index (κ2) is 9.73. The maximum absolute atomic E-state index is 12.2. The van der Waals surface area contributed by atoms with Crippen molar-refractivity contribution in [3.8, 4) is 5.75 Å². The number of ether oxygens (including phenoxy) is 1. The highest BCUT2D eigenvalue weighted by molar-refractivity contribution is 7.99. The van der Waals surface area contributed by atoms with Gasteiger partial charge in [-0.1, -0.05) is 43.6 Å². The van der Waals surface area contributed by atoms with Gasteiger partial charge in [0.2, 0.25) is 0 Å². The SMILES string of the molecule is CC(C)c1ccccc1O[C@@H](C)C(=O)NCCSc1ccc(Cl)cc1. The van der Waals surface area contributed by atoms with Crippen LogP contribution in [0.5, 0.6) is 5.75 Å². The summed E-state index contributed by atoms with van der Waals surface area (Å²) in [5.41, 5.74) is 1.11. The van der Waals surface area contributed by atoms with Gasteiger partial charge < -0.3 is 10.1 Å². The topological polar surface area (TPSA) is 38.3 Å². The first kappa shape index (κ1) is 19.7. The average Bonchev–Trinajstić information content (AvgIpc) is 2.60. The summed E-state index contributed by atoms with van der Waals surface area (Å²) in [5, 5.41) is 3.65. The molecule has 1 atom stereocenters. The zero-order chi connectivity index (χ0) is 18.2. The number of nitrogens with one attached hydrogen (secondary N) is 1. The van der Waals surface area contributed by atoms with Gasteiger partial charge in [-0.05, 0) is 48.7 Å². The van der Waals surface area contributed by atoms with Crippen molar-refractivity contribution < 1.29 is 9.53 Å². The molecule has 0 heterocycles. The van der Waals surface area contributed by atoms with Gasteiger partial charge in [-0.3, -0.25) is 4.79 Å². The molecule has 0 aliphatic rings. The number of rotatable bonds is 8.